The van der Waals surface area contributed by atoms with Crippen LogP contribution < -0.4 is 10.2 Å². The molecule has 0 saturated heterocycles. The first-order chi connectivity index (χ1) is 14.9. The maximum atomic E-state index is 13.1. The molecule has 1 aliphatic rings. The van der Waals surface area contributed by atoms with Gasteiger partial charge in [-0.15, -0.1) is 0 Å². The lowest BCUT2D eigenvalue weighted by atomic mass is 10.1. The number of esters is 1. The summed E-state index contributed by atoms with van der Waals surface area (Å²) in [6, 6.07) is 17.5. The van der Waals surface area contributed by atoms with Crippen molar-refractivity contribution < 1.29 is 28.3 Å². The smallest absolute Gasteiger partial charge is 0.338 e. The fraction of sp³-hybridized carbons (Fsp3) is 0.0435. The largest absolute Gasteiger partial charge is 0.452 e. The average molecular weight is 418 g/mol. The highest BCUT2D eigenvalue weighted by Crippen LogP contribution is 2.28. The van der Waals surface area contributed by atoms with Crippen molar-refractivity contribution in [1.82, 2.24) is 0 Å². The predicted molar refractivity (Wildman–Crippen MR) is 109 cm³/mol. The summed E-state index contributed by atoms with van der Waals surface area (Å²) in [4.78, 5) is 50.1. The summed E-state index contributed by atoms with van der Waals surface area (Å²) in [7, 11) is 0. The highest BCUT2D eigenvalue weighted by molar-refractivity contribution is 6.34. The standard InChI is InChI=1S/C23H15FN2O5/c24-15-4-3-5-16(12-15)25-20(27)13-31-23(30)14-8-10-17(11-9-14)26-21(28)18-6-1-2-7-19(18)22(26)29/h1-12H,13H2,(H,25,27). The van der Waals surface area contributed by atoms with Gasteiger partial charge < -0.3 is 10.1 Å². The highest BCUT2D eigenvalue weighted by atomic mass is 19.1. The fourth-order valence-electron chi connectivity index (χ4n) is 3.15. The Kier molecular flexibility index (Phi) is 5.28. The van der Waals surface area contributed by atoms with Crippen molar-refractivity contribution in [3.63, 3.8) is 0 Å². The third kappa shape index (κ3) is 4.04. The molecule has 8 heteroatoms. The molecule has 3 amide bonds. The van der Waals surface area contributed by atoms with E-state index >= 15 is 0 Å². The van der Waals surface area contributed by atoms with E-state index in [1.807, 2.05) is 0 Å². The van der Waals surface area contributed by atoms with Crippen molar-refractivity contribution in [3.8, 4) is 0 Å². The number of rotatable bonds is 5. The van der Waals surface area contributed by atoms with Gasteiger partial charge in [0.2, 0.25) is 0 Å². The molecule has 1 N–H and O–H groups in total. The summed E-state index contributed by atoms with van der Waals surface area (Å²) in [5.74, 6) is -2.77. The van der Waals surface area contributed by atoms with Crippen LogP contribution >= 0.6 is 0 Å². The zero-order valence-electron chi connectivity index (χ0n) is 16.0. The van der Waals surface area contributed by atoms with Gasteiger partial charge in [0.25, 0.3) is 17.7 Å². The quantitative estimate of drug-likeness (QED) is 0.506. The monoisotopic (exact) mass is 418 g/mol. The molecular formula is C23H15FN2O5. The van der Waals surface area contributed by atoms with Crippen LogP contribution in [0.25, 0.3) is 0 Å². The van der Waals surface area contributed by atoms with E-state index in [1.54, 1.807) is 24.3 Å². The summed E-state index contributed by atoms with van der Waals surface area (Å²) in [6.07, 6.45) is 0. The molecule has 31 heavy (non-hydrogen) atoms. The Labute approximate surface area is 176 Å². The van der Waals surface area contributed by atoms with Crippen molar-refractivity contribution in [3.05, 3.63) is 95.3 Å². The van der Waals surface area contributed by atoms with Gasteiger partial charge in [0.05, 0.1) is 22.4 Å². The summed E-state index contributed by atoms with van der Waals surface area (Å²) in [5, 5.41) is 2.42. The Morgan fingerprint density at radius 1 is 0.871 bits per heavy atom. The van der Waals surface area contributed by atoms with Gasteiger partial charge in [-0.25, -0.2) is 14.1 Å². The summed E-state index contributed by atoms with van der Waals surface area (Å²) >= 11 is 0. The molecule has 3 aromatic carbocycles. The van der Waals surface area contributed by atoms with Crippen molar-refractivity contribution >= 4 is 35.1 Å². The molecule has 3 aromatic rings. The molecule has 0 radical (unpaired) electrons. The number of anilines is 2. The molecule has 0 atom stereocenters. The predicted octanol–water partition coefficient (Wildman–Crippen LogP) is 3.42. The maximum absolute atomic E-state index is 13.1. The van der Waals surface area contributed by atoms with Crippen LogP contribution in [0.5, 0.6) is 0 Å². The Hall–Kier alpha value is -4.33. The minimum atomic E-state index is -0.761. The molecule has 1 aliphatic heterocycles. The van der Waals surface area contributed by atoms with Gasteiger partial charge in [-0.3, -0.25) is 14.4 Å². The number of halogens is 1. The highest BCUT2D eigenvalue weighted by Gasteiger charge is 2.36. The second kappa shape index (κ2) is 8.19. The number of benzene rings is 3. The summed E-state index contributed by atoms with van der Waals surface area (Å²) < 4.78 is 18.1. The number of nitrogens with one attached hydrogen (secondary N) is 1. The van der Waals surface area contributed by atoms with Crippen molar-refractivity contribution in [2.75, 3.05) is 16.8 Å². The van der Waals surface area contributed by atoms with Gasteiger partial charge >= 0.3 is 5.97 Å². The Balaban J connectivity index is 1.38. The van der Waals surface area contributed by atoms with Gasteiger partial charge in [-0.2, -0.15) is 0 Å². The van der Waals surface area contributed by atoms with Crippen molar-refractivity contribution in [2.45, 2.75) is 0 Å². The zero-order chi connectivity index (χ0) is 22.0. The van der Waals surface area contributed by atoms with Crippen LogP contribution in [0.15, 0.2) is 72.8 Å². The normalized spacial score (nSPS) is 12.5. The topological polar surface area (TPSA) is 92.8 Å². The molecule has 0 saturated carbocycles. The second-order valence-electron chi connectivity index (χ2n) is 6.67. The lowest BCUT2D eigenvalue weighted by molar-refractivity contribution is -0.119. The van der Waals surface area contributed by atoms with Gasteiger partial charge in [0, 0.05) is 5.69 Å². The molecule has 0 aromatic heterocycles. The number of imide groups is 1. The van der Waals surface area contributed by atoms with E-state index in [4.69, 9.17) is 4.74 Å². The third-order valence-corrected chi connectivity index (χ3v) is 4.60. The lowest BCUT2D eigenvalue weighted by Crippen LogP contribution is -2.29. The number of fused-ring (bicyclic) bond motifs is 1. The Morgan fingerprint density at radius 2 is 1.52 bits per heavy atom. The van der Waals surface area contributed by atoms with Crippen LogP contribution in [0.3, 0.4) is 0 Å². The minimum Gasteiger partial charge on any atom is -0.452 e. The third-order valence-electron chi connectivity index (χ3n) is 4.60. The molecule has 0 unspecified atom stereocenters. The first kappa shape index (κ1) is 20.0. The lowest BCUT2D eigenvalue weighted by Gasteiger charge is -2.14. The van der Waals surface area contributed by atoms with E-state index in [0.717, 1.165) is 11.0 Å². The molecule has 0 spiro atoms. The van der Waals surface area contributed by atoms with Gasteiger partial charge in [0.1, 0.15) is 5.82 Å². The first-order valence-electron chi connectivity index (χ1n) is 9.24. The Morgan fingerprint density at radius 3 is 2.13 bits per heavy atom. The molecular weight excluding hydrogens is 403 g/mol. The fourth-order valence-corrected chi connectivity index (χ4v) is 3.15. The van der Waals surface area contributed by atoms with E-state index < -0.39 is 36.1 Å². The molecule has 7 nitrogen and oxygen atoms in total. The number of hydrogen-bond acceptors (Lipinski definition) is 5. The van der Waals surface area contributed by atoms with Gasteiger partial charge in [-0.05, 0) is 54.6 Å². The number of hydrogen-bond donors (Lipinski definition) is 1. The van der Waals surface area contributed by atoms with Crippen molar-refractivity contribution in [2.24, 2.45) is 0 Å². The number of nitrogens with zero attached hydrogens (tertiary/aromatic N) is 1. The van der Waals surface area contributed by atoms with Crippen LogP contribution in [0.4, 0.5) is 15.8 Å². The average Bonchev–Trinajstić information content (AvgIpc) is 3.02. The van der Waals surface area contributed by atoms with E-state index in [9.17, 15) is 23.6 Å². The van der Waals surface area contributed by atoms with Crippen LogP contribution in [0.2, 0.25) is 0 Å². The molecule has 1 heterocycles. The summed E-state index contributed by atoms with van der Waals surface area (Å²) in [5.41, 5.74) is 1.33. The summed E-state index contributed by atoms with van der Waals surface area (Å²) in [6.45, 7) is -0.560. The maximum Gasteiger partial charge on any atom is 0.338 e. The first-order valence-corrected chi connectivity index (χ1v) is 9.24. The zero-order valence-corrected chi connectivity index (χ0v) is 16.0. The molecule has 154 valence electrons. The Bertz CT molecular complexity index is 1170. The van der Waals surface area contributed by atoms with E-state index in [-0.39, 0.29) is 11.3 Å². The molecule has 0 bridgehead atoms. The minimum absolute atomic E-state index is 0.138. The van der Waals surface area contributed by atoms with Crippen LogP contribution in [0, 0.1) is 5.82 Å². The second-order valence-corrected chi connectivity index (χ2v) is 6.67. The van der Waals surface area contributed by atoms with Crippen LogP contribution in [0.1, 0.15) is 31.1 Å². The van der Waals surface area contributed by atoms with E-state index in [0.29, 0.717) is 16.8 Å². The van der Waals surface area contributed by atoms with E-state index in [2.05, 4.69) is 5.32 Å². The molecule has 4 rings (SSSR count). The van der Waals surface area contributed by atoms with Crippen molar-refractivity contribution in [1.29, 1.82) is 0 Å². The number of carbonyl (C=O) groups is 4. The number of carbonyl (C=O) groups excluding carboxylic acids is 4. The number of ether oxygens (including phenoxy) is 1. The molecule has 0 aliphatic carbocycles. The van der Waals surface area contributed by atoms with E-state index in [1.165, 1.54) is 42.5 Å². The molecule has 0 fully saturated rings. The number of amides is 3. The van der Waals surface area contributed by atoms with Gasteiger partial charge in [0.15, 0.2) is 6.61 Å². The van der Waals surface area contributed by atoms with Crippen LogP contribution in [-0.4, -0.2) is 30.3 Å². The van der Waals surface area contributed by atoms with Gasteiger partial charge in [-0.1, -0.05) is 18.2 Å². The van der Waals surface area contributed by atoms with Crippen LogP contribution in [-0.2, 0) is 9.53 Å². The SMILES string of the molecule is O=C(COC(=O)c1ccc(N2C(=O)c3ccccc3C2=O)cc1)Nc1cccc(F)c1.